The van der Waals surface area contributed by atoms with Crippen LogP contribution in [0.25, 0.3) is 0 Å². The summed E-state index contributed by atoms with van der Waals surface area (Å²) in [5, 5.41) is 11.7. The van der Waals surface area contributed by atoms with Crippen molar-refractivity contribution in [3.05, 3.63) is 30.2 Å². The third kappa shape index (κ3) is 3.54. The van der Waals surface area contributed by atoms with Crippen LogP contribution in [0.3, 0.4) is 0 Å². The molecule has 5 nitrogen and oxygen atoms in total. The minimum absolute atomic E-state index is 0.457. The zero-order chi connectivity index (χ0) is 12.1. The topological polar surface area (TPSA) is 66.5 Å². The molecule has 2 aromatic rings. The summed E-state index contributed by atoms with van der Waals surface area (Å²) in [5.41, 5.74) is 1.17. The first-order valence-electron chi connectivity index (χ1n) is 5.46. The van der Waals surface area contributed by atoms with Gasteiger partial charge < -0.3 is 5.32 Å². The fourth-order valence-electron chi connectivity index (χ4n) is 1.30. The van der Waals surface area contributed by atoms with E-state index in [-0.39, 0.29) is 0 Å². The molecule has 0 bridgehead atoms. The van der Waals surface area contributed by atoms with Crippen LogP contribution in [-0.2, 0) is 6.54 Å². The van der Waals surface area contributed by atoms with E-state index in [0.29, 0.717) is 6.04 Å². The molecule has 0 aliphatic heterocycles. The average molecular weight is 249 g/mol. The van der Waals surface area contributed by atoms with Crippen LogP contribution in [0.4, 0.5) is 0 Å². The minimum Gasteiger partial charge on any atom is -0.310 e. The number of aromatic nitrogens is 4. The minimum atomic E-state index is 0.457. The average Bonchev–Trinajstić information content (AvgIpc) is 2.80. The number of hydrogen-bond acceptors (Lipinski definition) is 5. The van der Waals surface area contributed by atoms with E-state index in [1.54, 1.807) is 6.20 Å². The van der Waals surface area contributed by atoms with Crippen LogP contribution in [0.2, 0.25) is 0 Å². The lowest BCUT2D eigenvalue weighted by Crippen LogP contribution is -2.22. The highest BCUT2D eigenvalue weighted by Crippen LogP contribution is 2.24. The lowest BCUT2D eigenvalue weighted by Gasteiger charge is -2.10. The van der Waals surface area contributed by atoms with E-state index in [1.807, 2.05) is 6.07 Å². The maximum atomic E-state index is 4.37. The summed E-state index contributed by atoms with van der Waals surface area (Å²) in [6, 6.07) is 4.47. The largest absolute Gasteiger partial charge is 0.310 e. The molecule has 17 heavy (non-hydrogen) atoms. The van der Waals surface area contributed by atoms with Crippen LogP contribution in [0, 0.1) is 0 Å². The molecule has 0 unspecified atom stereocenters. The molecule has 2 aromatic heterocycles. The highest BCUT2D eigenvalue weighted by molar-refractivity contribution is 7.99. The standard InChI is InChI=1S/C11H15N5S/c1-8(2)13-6-9-4-3-5-12-10(9)17-11-14-7-15-16-11/h3-5,7-8,13H,6H2,1-2H3,(H,14,15,16). The number of aromatic amines is 1. The SMILES string of the molecule is CC(C)NCc1cccnc1Sc1ncn[nH]1. The molecule has 0 radical (unpaired) electrons. The molecular formula is C11H15N5S. The molecule has 2 heterocycles. The summed E-state index contributed by atoms with van der Waals surface area (Å²) in [6.45, 7) is 5.06. The Balaban J connectivity index is 2.10. The lowest BCUT2D eigenvalue weighted by atomic mass is 10.2. The molecule has 0 fully saturated rings. The lowest BCUT2D eigenvalue weighted by molar-refractivity contribution is 0.582. The molecule has 0 aliphatic rings. The predicted molar refractivity (Wildman–Crippen MR) is 66.7 cm³/mol. The van der Waals surface area contributed by atoms with E-state index in [0.717, 1.165) is 16.7 Å². The van der Waals surface area contributed by atoms with Gasteiger partial charge >= 0.3 is 0 Å². The maximum absolute atomic E-state index is 4.37. The summed E-state index contributed by atoms with van der Waals surface area (Å²) >= 11 is 1.49. The van der Waals surface area contributed by atoms with Gasteiger partial charge in [0.05, 0.1) is 0 Å². The molecule has 0 saturated heterocycles. The van der Waals surface area contributed by atoms with E-state index in [4.69, 9.17) is 0 Å². The third-order valence-electron chi connectivity index (χ3n) is 2.14. The summed E-state index contributed by atoms with van der Waals surface area (Å²) in [6.07, 6.45) is 3.29. The van der Waals surface area contributed by atoms with Gasteiger partial charge in [-0.1, -0.05) is 19.9 Å². The van der Waals surface area contributed by atoms with Gasteiger partial charge in [-0.15, -0.1) is 0 Å². The third-order valence-corrected chi connectivity index (χ3v) is 3.09. The quantitative estimate of drug-likeness (QED) is 0.846. The molecule has 0 saturated carbocycles. The molecule has 6 heteroatoms. The van der Waals surface area contributed by atoms with Gasteiger partial charge in [-0.2, -0.15) is 5.10 Å². The number of pyridine rings is 1. The van der Waals surface area contributed by atoms with Gasteiger partial charge in [-0.25, -0.2) is 9.97 Å². The second-order valence-corrected chi connectivity index (χ2v) is 4.87. The van der Waals surface area contributed by atoms with E-state index in [9.17, 15) is 0 Å². The highest BCUT2D eigenvalue weighted by Gasteiger charge is 2.07. The molecule has 0 aromatic carbocycles. The Bertz CT molecular complexity index is 455. The van der Waals surface area contributed by atoms with Gasteiger partial charge in [0.25, 0.3) is 0 Å². The second kappa shape index (κ2) is 5.79. The van der Waals surface area contributed by atoms with Crippen LogP contribution in [0.1, 0.15) is 19.4 Å². The van der Waals surface area contributed by atoms with Gasteiger partial charge in [0.15, 0.2) is 5.16 Å². The van der Waals surface area contributed by atoms with Gasteiger partial charge in [0.2, 0.25) is 0 Å². The van der Waals surface area contributed by atoms with Crippen LogP contribution >= 0.6 is 11.8 Å². The first kappa shape index (κ1) is 12.1. The molecule has 0 atom stereocenters. The van der Waals surface area contributed by atoms with Gasteiger partial charge in [0, 0.05) is 18.8 Å². The van der Waals surface area contributed by atoms with Gasteiger partial charge in [-0.3, -0.25) is 5.10 Å². The van der Waals surface area contributed by atoms with Crippen molar-refractivity contribution in [1.82, 2.24) is 25.5 Å². The Morgan fingerprint density at radius 1 is 1.41 bits per heavy atom. The number of nitrogens with zero attached hydrogens (tertiary/aromatic N) is 3. The molecule has 90 valence electrons. The molecule has 2 rings (SSSR count). The smallest absolute Gasteiger partial charge is 0.189 e. The summed E-state index contributed by atoms with van der Waals surface area (Å²) in [5.74, 6) is 0. The van der Waals surface area contributed by atoms with Crippen LogP contribution in [-0.4, -0.2) is 26.2 Å². The van der Waals surface area contributed by atoms with E-state index < -0.39 is 0 Å². The van der Waals surface area contributed by atoms with Crippen molar-refractivity contribution in [3.8, 4) is 0 Å². The Morgan fingerprint density at radius 3 is 3.00 bits per heavy atom. The van der Waals surface area contributed by atoms with E-state index in [1.165, 1.54) is 23.7 Å². The molecule has 0 spiro atoms. The predicted octanol–water partition coefficient (Wildman–Crippen LogP) is 1.85. The van der Waals surface area contributed by atoms with Crippen molar-refractivity contribution in [3.63, 3.8) is 0 Å². The maximum Gasteiger partial charge on any atom is 0.189 e. The van der Waals surface area contributed by atoms with Crippen molar-refractivity contribution < 1.29 is 0 Å². The molecule has 0 aliphatic carbocycles. The fraction of sp³-hybridized carbons (Fsp3) is 0.364. The first-order valence-corrected chi connectivity index (χ1v) is 6.28. The Morgan fingerprint density at radius 2 is 2.29 bits per heavy atom. The van der Waals surface area contributed by atoms with Crippen LogP contribution in [0.15, 0.2) is 34.8 Å². The Labute approximate surface area is 104 Å². The molecule has 0 amide bonds. The zero-order valence-corrected chi connectivity index (χ0v) is 10.7. The second-order valence-electron chi connectivity index (χ2n) is 3.90. The highest BCUT2D eigenvalue weighted by atomic mass is 32.2. The van der Waals surface area contributed by atoms with E-state index in [2.05, 4.69) is 45.4 Å². The normalized spacial score (nSPS) is 11.0. The van der Waals surface area contributed by atoms with Crippen LogP contribution in [0.5, 0.6) is 0 Å². The molecule has 2 N–H and O–H groups in total. The van der Waals surface area contributed by atoms with E-state index >= 15 is 0 Å². The van der Waals surface area contributed by atoms with Crippen molar-refractivity contribution in [1.29, 1.82) is 0 Å². The Kier molecular flexibility index (Phi) is 4.11. The number of rotatable bonds is 5. The van der Waals surface area contributed by atoms with Gasteiger partial charge in [-0.05, 0) is 23.4 Å². The van der Waals surface area contributed by atoms with Crippen molar-refractivity contribution in [2.45, 2.75) is 36.6 Å². The van der Waals surface area contributed by atoms with Crippen molar-refractivity contribution in [2.24, 2.45) is 0 Å². The number of nitrogens with one attached hydrogen (secondary N) is 2. The first-order chi connectivity index (χ1) is 8.25. The monoisotopic (exact) mass is 249 g/mol. The Hall–Kier alpha value is -1.40. The zero-order valence-electron chi connectivity index (χ0n) is 9.84. The molecular weight excluding hydrogens is 234 g/mol. The summed E-state index contributed by atoms with van der Waals surface area (Å²) < 4.78 is 0. The summed E-state index contributed by atoms with van der Waals surface area (Å²) in [4.78, 5) is 8.45. The fourth-order valence-corrected chi connectivity index (χ4v) is 2.07. The number of H-pyrrole nitrogens is 1. The number of hydrogen-bond donors (Lipinski definition) is 2. The summed E-state index contributed by atoms with van der Waals surface area (Å²) in [7, 11) is 0. The van der Waals surface area contributed by atoms with Crippen molar-refractivity contribution in [2.75, 3.05) is 0 Å². The van der Waals surface area contributed by atoms with Crippen molar-refractivity contribution >= 4 is 11.8 Å². The van der Waals surface area contributed by atoms with Crippen LogP contribution < -0.4 is 5.32 Å². The van der Waals surface area contributed by atoms with Gasteiger partial charge in [0.1, 0.15) is 11.4 Å².